The van der Waals surface area contributed by atoms with Crippen LogP contribution in [0.15, 0.2) is 47.6 Å². The number of anilines is 1. The van der Waals surface area contributed by atoms with Gasteiger partial charge >= 0.3 is 0 Å². The highest BCUT2D eigenvalue weighted by Crippen LogP contribution is 2.33. The lowest BCUT2D eigenvalue weighted by Gasteiger charge is -2.21. The molecule has 1 atom stereocenters. The standard InChI is InChI=1S/C24H27N5O4S/c1-14(2)21(26-23(31)16-8-9-18-19(11-16)33-13-32-18)22-27-28-24(29(22)4)34-12-20(30)25-17-7-5-6-15(3)10-17/h5-11,14,21H,12-13H2,1-4H3,(H,25,30)(H,26,31). The number of nitrogens with one attached hydrogen (secondary N) is 2. The SMILES string of the molecule is Cc1cccc(NC(=O)CSc2nnc(C(NC(=O)c3ccc4c(c3)OCO4)C(C)C)n2C)c1. The Hall–Kier alpha value is -3.53. The van der Waals surface area contributed by atoms with Crippen molar-refractivity contribution in [2.75, 3.05) is 17.9 Å². The van der Waals surface area contributed by atoms with Crippen LogP contribution in [0.3, 0.4) is 0 Å². The summed E-state index contributed by atoms with van der Waals surface area (Å²) in [6, 6.07) is 12.4. The van der Waals surface area contributed by atoms with Crippen LogP contribution in [-0.4, -0.2) is 39.1 Å². The molecule has 2 amide bonds. The minimum Gasteiger partial charge on any atom is -0.454 e. The van der Waals surface area contributed by atoms with E-state index >= 15 is 0 Å². The number of aryl methyl sites for hydroxylation is 1. The predicted octanol–water partition coefficient (Wildman–Crippen LogP) is 3.71. The summed E-state index contributed by atoms with van der Waals surface area (Å²) in [6.45, 7) is 6.13. The van der Waals surface area contributed by atoms with Crippen molar-refractivity contribution in [1.82, 2.24) is 20.1 Å². The minimum atomic E-state index is -0.370. The van der Waals surface area contributed by atoms with Gasteiger partial charge in [-0.3, -0.25) is 9.59 Å². The number of carbonyl (C=O) groups excluding carboxylic acids is 2. The van der Waals surface area contributed by atoms with Gasteiger partial charge in [0.1, 0.15) is 0 Å². The zero-order chi connectivity index (χ0) is 24.2. The first-order valence-corrected chi connectivity index (χ1v) is 11.9. The molecular weight excluding hydrogens is 454 g/mol. The van der Waals surface area contributed by atoms with E-state index in [1.165, 1.54) is 11.8 Å². The van der Waals surface area contributed by atoms with Gasteiger partial charge in [-0.25, -0.2) is 0 Å². The molecule has 34 heavy (non-hydrogen) atoms. The van der Waals surface area contributed by atoms with Crippen LogP contribution in [0.2, 0.25) is 0 Å². The van der Waals surface area contributed by atoms with Gasteiger partial charge in [0.2, 0.25) is 12.7 Å². The monoisotopic (exact) mass is 481 g/mol. The van der Waals surface area contributed by atoms with Gasteiger partial charge in [-0.2, -0.15) is 0 Å². The smallest absolute Gasteiger partial charge is 0.252 e. The number of thioether (sulfide) groups is 1. The number of rotatable bonds is 8. The molecule has 0 spiro atoms. The Balaban J connectivity index is 1.41. The first-order valence-electron chi connectivity index (χ1n) is 10.9. The molecule has 10 heteroatoms. The van der Waals surface area contributed by atoms with Crippen LogP contribution in [0, 0.1) is 12.8 Å². The lowest BCUT2D eigenvalue weighted by Crippen LogP contribution is -2.33. The average Bonchev–Trinajstić information content (AvgIpc) is 3.41. The molecule has 0 radical (unpaired) electrons. The molecule has 178 valence electrons. The Bertz CT molecular complexity index is 1210. The summed E-state index contributed by atoms with van der Waals surface area (Å²) in [5, 5.41) is 15.1. The molecule has 2 heterocycles. The Morgan fingerprint density at radius 3 is 2.68 bits per heavy atom. The number of aromatic nitrogens is 3. The second-order valence-corrected chi connectivity index (χ2v) is 9.31. The molecule has 2 aromatic carbocycles. The molecule has 1 unspecified atom stereocenters. The Kier molecular flexibility index (Phi) is 7.06. The van der Waals surface area contributed by atoms with Crippen LogP contribution in [0.1, 0.15) is 41.6 Å². The van der Waals surface area contributed by atoms with Crippen LogP contribution in [0.5, 0.6) is 11.5 Å². The van der Waals surface area contributed by atoms with Gasteiger partial charge in [0, 0.05) is 18.3 Å². The molecule has 9 nitrogen and oxygen atoms in total. The number of benzene rings is 2. The highest BCUT2D eigenvalue weighted by atomic mass is 32.2. The van der Waals surface area contributed by atoms with E-state index in [9.17, 15) is 9.59 Å². The summed E-state index contributed by atoms with van der Waals surface area (Å²) in [6.07, 6.45) is 0. The average molecular weight is 482 g/mol. The molecule has 0 aliphatic carbocycles. The zero-order valence-corrected chi connectivity index (χ0v) is 20.3. The van der Waals surface area contributed by atoms with Crippen LogP contribution in [0.25, 0.3) is 0 Å². The number of nitrogens with zero attached hydrogens (tertiary/aromatic N) is 3. The number of fused-ring (bicyclic) bond motifs is 1. The summed E-state index contributed by atoms with van der Waals surface area (Å²) in [5.41, 5.74) is 2.31. The molecule has 1 aliphatic rings. The van der Waals surface area contributed by atoms with Gasteiger partial charge < -0.3 is 24.7 Å². The fraction of sp³-hybridized carbons (Fsp3) is 0.333. The van der Waals surface area contributed by atoms with Crippen LogP contribution < -0.4 is 20.1 Å². The molecule has 2 N–H and O–H groups in total. The molecular formula is C24H27N5O4S. The largest absolute Gasteiger partial charge is 0.454 e. The van der Waals surface area contributed by atoms with Crippen molar-refractivity contribution in [1.29, 1.82) is 0 Å². The Labute approximate surface area is 202 Å². The van der Waals surface area contributed by atoms with E-state index in [4.69, 9.17) is 9.47 Å². The topological polar surface area (TPSA) is 107 Å². The van der Waals surface area contributed by atoms with Crippen molar-refractivity contribution in [3.8, 4) is 11.5 Å². The molecule has 0 fully saturated rings. The highest BCUT2D eigenvalue weighted by Gasteiger charge is 2.26. The molecule has 1 aromatic heterocycles. The van der Waals surface area contributed by atoms with Gasteiger partial charge in [-0.15, -0.1) is 10.2 Å². The lowest BCUT2D eigenvalue weighted by atomic mass is 10.0. The van der Waals surface area contributed by atoms with Crippen LogP contribution in [0.4, 0.5) is 5.69 Å². The van der Waals surface area contributed by atoms with Crippen molar-refractivity contribution in [3.63, 3.8) is 0 Å². The number of hydrogen-bond acceptors (Lipinski definition) is 7. The van der Waals surface area contributed by atoms with Gasteiger partial charge in [0.25, 0.3) is 5.91 Å². The lowest BCUT2D eigenvalue weighted by molar-refractivity contribution is -0.113. The van der Waals surface area contributed by atoms with E-state index in [1.807, 2.05) is 56.7 Å². The van der Waals surface area contributed by atoms with E-state index in [-0.39, 0.29) is 36.3 Å². The van der Waals surface area contributed by atoms with Gasteiger partial charge in [-0.1, -0.05) is 37.7 Å². The third-order valence-electron chi connectivity index (χ3n) is 5.37. The minimum absolute atomic E-state index is 0.0586. The summed E-state index contributed by atoms with van der Waals surface area (Å²) >= 11 is 1.29. The van der Waals surface area contributed by atoms with E-state index in [0.717, 1.165) is 11.3 Å². The van der Waals surface area contributed by atoms with Crippen LogP contribution in [-0.2, 0) is 11.8 Å². The van der Waals surface area contributed by atoms with Crippen molar-refractivity contribution in [2.45, 2.75) is 32.0 Å². The van der Waals surface area contributed by atoms with Crippen molar-refractivity contribution in [2.24, 2.45) is 13.0 Å². The maximum absolute atomic E-state index is 12.9. The van der Waals surface area contributed by atoms with Crippen molar-refractivity contribution in [3.05, 3.63) is 59.4 Å². The number of hydrogen-bond donors (Lipinski definition) is 2. The summed E-state index contributed by atoms with van der Waals surface area (Å²) in [7, 11) is 1.83. The zero-order valence-electron chi connectivity index (χ0n) is 19.5. The van der Waals surface area contributed by atoms with Gasteiger partial charge in [0.05, 0.1) is 11.8 Å². The second-order valence-electron chi connectivity index (χ2n) is 8.37. The third-order valence-corrected chi connectivity index (χ3v) is 6.39. The first-order chi connectivity index (χ1) is 16.3. The Morgan fingerprint density at radius 1 is 1.12 bits per heavy atom. The highest BCUT2D eigenvalue weighted by molar-refractivity contribution is 7.99. The molecule has 0 bridgehead atoms. The maximum atomic E-state index is 12.9. The molecule has 0 saturated heterocycles. The fourth-order valence-electron chi connectivity index (χ4n) is 3.56. The van der Waals surface area contributed by atoms with Crippen molar-refractivity contribution >= 4 is 29.3 Å². The van der Waals surface area contributed by atoms with Crippen molar-refractivity contribution < 1.29 is 19.1 Å². The fourth-order valence-corrected chi connectivity index (χ4v) is 4.28. The van der Waals surface area contributed by atoms with Crippen LogP contribution >= 0.6 is 11.8 Å². The summed E-state index contributed by atoms with van der Waals surface area (Å²) in [4.78, 5) is 25.3. The maximum Gasteiger partial charge on any atom is 0.252 e. The number of carbonyl (C=O) groups is 2. The summed E-state index contributed by atoms with van der Waals surface area (Å²) < 4.78 is 12.5. The van der Waals surface area contributed by atoms with Gasteiger partial charge in [0.15, 0.2) is 22.5 Å². The van der Waals surface area contributed by atoms with E-state index in [2.05, 4.69) is 20.8 Å². The van der Waals surface area contributed by atoms with E-state index in [0.29, 0.717) is 28.0 Å². The molecule has 4 rings (SSSR count). The normalized spacial score (nSPS) is 13.1. The second kappa shape index (κ2) is 10.2. The number of amides is 2. The molecule has 3 aromatic rings. The number of ether oxygens (including phenoxy) is 2. The first kappa shape index (κ1) is 23.6. The molecule has 0 saturated carbocycles. The third kappa shape index (κ3) is 5.33. The van der Waals surface area contributed by atoms with E-state index in [1.54, 1.807) is 18.2 Å². The van der Waals surface area contributed by atoms with Gasteiger partial charge in [-0.05, 0) is 48.7 Å². The van der Waals surface area contributed by atoms with E-state index < -0.39 is 0 Å². The molecule has 1 aliphatic heterocycles. The Morgan fingerprint density at radius 2 is 1.91 bits per heavy atom. The quantitative estimate of drug-likeness (QED) is 0.472. The predicted molar refractivity (Wildman–Crippen MR) is 129 cm³/mol. The summed E-state index contributed by atoms with van der Waals surface area (Å²) in [5.74, 6) is 1.67.